The second-order valence-electron chi connectivity index (χ2n) is 6.41. The third kappa shape index (κ3) is 5.79. The zero-order chi connectivity index (χ0) is 15.9. The molecule has 0 saturated carbocycles. The van der Waals surface area contributed by atoms with E-state index in [0.717, 1.165) is 25.9 Å². The van der Waals surface area contributed by atoms with Gasteiger partial charge < -0.3 is 10.6 Å². The molecule has 2 N–H and O–H groups in total. The fraction of sp³-hybridized carbons (Fsp3) is 0.611. The highest BCUT2D eigenvalue weighted by molar-refractivity contribution is 5.85. The second-order valence-corrected chi connectivity index (χ2v) is 6.41. The molecule has 4 nitrogen and oxygen atoms in total. The molecule has 130 valence electrons. The molecule has 2 unspecified atom stereocenters. The number of piperidine rings is 1. The molecule has 1 amide bonds. The summed E-state index contributed by atoms with van der Waals surface area (Å²) in [5, 5.41) is 0. The van der Waals surface area contributed by atoms with Crippen LogP contribution in [0.25, 0.3) is 0 Å². The molecular formula is C18H30ClN3O. The molecule has 1 fully saturated rings. The quantitative estimate of drug-likeness (QED) is 0.866. The van der Waals surface area contributed by atoms with Gasteiger partial charge in [0.25, 0.3) is 0 Å². The Morgan fingerprint density at radius 3 is 2.39 bits per heavy atom. The van der Waals surface area contributed by atoms with Crippen LogP contribution in [0.3, 0.4) is 0 Å². The minimum atomic E-state index is 0. The van der Waals surface area contributed by atoms with Gasteiger partial charge in [-0.05, 0) is 38.7 Å². The number of halogens is 1. The van der Waals surface area contributed by atoms with Crippen molar-refractivity contribution < 1.29 is 4.79 Å². The number of likely N-dealkylation sites (tertiary alicyclic amines) is 1. The topological polar surface area (TPSA) is 49.6 Å². The summed E-state index contributed by atoms with van der Waals surface area (Å²) >= 11 is 0. The molecule has 0 aromatic heterocycles. The van der Waals surface area contributed by atoms with E-state index in [1.54, 1.807) is 0 Å². The van der Waals surface area contributed by atoms with Crippen LogP contribution in [0.4, 0.5) is 0 Å². The molecule has 2 rings (SSSR count). The standard InChI is InChI=1S/C18H29N3O.ClH/c1-15-7-6-8-16(2)21(15)18(22)14-20(12-11-19)13-17-9-4-3-5-10-17;/h3-5,9-10,15-16H,6-8,11-14,19H2,1-2H3;1H. The smallest absolute Gasteiger partial charge is 0.237 e. The van der Waals surface area contributed by atoms with Crippen LogP contribution >= 0.6 is 12.4 Å². The van der Waals surface area contributed by atoms with Gasteiger partial charge in [0.2, 0.25) is 5.91 Å². The highest BCUT2D eigenvalue weighted by atomic mass is 35.5. The number of carbonyl (C=O) groups excluding carboxylic acids is 1. The first-order valence-corrected chi connectivity index (χ1v) is 8.39. The van der Waals surface area contributed by atoms with Gasteiger partial charge in [-0.25, -0.2) is 0 Å². The van der Waals surface area contributed by atoms with Crippen molar-refractivity contribution in [1.82, 2.24) is 9.80 Å². The number of nitrogens with two attached hydrogens (primary N) is 1. The van der Waals surface area contributed by atoms with Crippen LogP contribution in [-0.2, 0) is 11.3 Å². The Hall–Kier alpha value is -1.10. The van der Waals surface area contributed by atoms with Gasteiger partial charge in [0.1, 0.15) is 0 Å². The van der Waals surface area contributed by atoms with E-state index in [-0.39, 0.29) is 18.3 Å². The number of benzene rings is 1. The summed E-state index contributed by atoms with van der Waals surface area (Å²) in [6.07, 6.45) is 3.46. The van der Waals surface area contributed by atoms with Crippen molar-refractivity contribution >= 4 is 18.3 Å². The molecule has 1 heterocycles. The zero-order valence-electron chi connectivity index (χ0n) is 14.3. The SMILES string of the molecule is CC1CCCC(C)N1C(=O)CN(CCN)Cc1ccccc1.Cl. The van der Waals surface area contributed by atoms with Gasteiger partial charge in [-0.15, -0.1) is 12.4 Å². The lowest BCUT2D eigenvalue weighted by Gasteiger charge is -2.40. The van der Waals surface area contributed by atoms with Crippen molar-refractivity contribution in [1.29, 1.82) is 0 Å². The van der Waals surface area contributed by atoms with Gasteiger partial charge in [-0.2, -0.15) is 0 Å². The Labute approximate surface area is 146 Å². The number of nitrogens with zero attached hydrogens (tertiary/aromatic N) is 2. The molecular weight excluding hydrogens is 310 g/mol. The number of hydrogen-bond donors (Lipinski definition) is 1. The largest absolute Gasteiger partial charge is 0.336 e. The molecule has 0 aliphatic carbocycles. The summed E-state index contributed by atoms with van der Waals surface area (Å²) in [6, 6.07) is 11.0. The monoisotopic (exact) mass is 339 g/mol. The minimum Gasteiger partial charge on any atom is -0.336 e. The predicted octanol–water partition coefficient (Wildman–Crippen LogP) is 2.66. The first-order valence-electron chi connectivity index (χ1n) is 8.39. The molecule has 1 saturated heterocycles. The average Bonchev–Trinajstić information content (AvgIpc) is 2.48. The van der Waals surface area contributed by atoms with Crippen molar-refractivity contribution in [2.45, 2.75) is 51.7 Å². The maximum absolute atomic E-state index is 12.7. The van der Waals surface area contributed by atoms with E-state index in [4.69, 9.17) is 5.73 Å². The van der Waals surface area contributed by atoms with E-state index >= 15 is 0 Å². The molecule has 1 aliphatic heterocycles. The minimum absolute atomic E-state index is 0. The summed E-state index contributed by atoms with van der Waals surface area (Å²) in [6.45, 7) is 6.89. The summed E-state index contributed by atoms with van der Waals surface area (Å²) in [7, 11) is 0. The molecule has 0 spiro atoms. The number of amides is 1. The first kappa shape index (κ1) is 19.9. The molecule has 2 atom stereocenters. The van der Waals surface area contributed by atoms with Crippen LogP contribution in [0.1, 0.15) is 38.7 Å². The van der Waals surface area contributed by atoms with E-state index in [0.29, 0.717) is 25.2 Å². The lowest BCUT2D eigenvalue weighted by atomic mass is 9.97. The number of hydrogen-bond acceptors (Lipinski definition) is 3. The van der Waals surface area contributed by atoms with E-state index in [1.165, 1.54) is 12.0 Å². The highest BCUT2D eigenvalue weighted by Crippen LogP contribution is 2.22. The summed E-state index contributed by atoms with van der Waals surface area (Å²) in [5.41, 5.74) is 6.95. The van der Waals surface area contributed by atoms with Crippen LogP contribution in [-0.4, -0.2) is 47.4 Å². The summed E-state index contributed by atoms with van der Waals surface area (Å²) in [5.74, 6) is 0.240. The van der Waals surface area contributed by atoms with Crippen LogP contribution in [0.5, 0.6) is 0 Å². The maximum Gasteiger partial charge on any atom is 0.237 e. The number of carbonyl (C=O) groups is 1. The van der Waals surface area contributed by atoms with Crippen molar-refractivity contribution in [3.63, 3.8) is 0 Å². The van der Waals surface area contributed by atoms with Crippen molar-refractivity contribution in [3.8, 4) is 0 Å². The van der Waals surface area contributed by atoms with Gasteiger partial charge >= 0.3 is 0 Å². The van der Waals surface area contributed by atoms with Gasteiger partial charge in [0.05, 0.1) is 6.54 Å². The molecule has 1 aromatic rings. The van der Waals surface area contributed by atoms with Crippen molar-refractivity contribution in [2.24, 2.45) is 5.73 Å². The molecule has 1 aromatic carbocycles. The Balaban J connectivity index is 0.00000264. The Morgan fingerprint density at radius 2 is 1.83 bits per heavy atom. The Morgan fingerprint density at radius 1 is 1.22 bits per heavy atom. The lowest BCUT2D eigenvalue weighted by Crippen LogP contribution is -2.51. The van der Waals surface area contributed by atoms with Gasteiger partial charge in [0, 0.05) is 31.7 Å². The fourth-order valence-corrected chi connectivity index (χ4v) is 3.42. The third-order valence-corrected chi connectivity index (χ3v) is 4.53. The van der Waals surface area contributed by atoms with E-state index < -0.39 is 0 Å². The third-order valence-electron chi connectivity index (χ3n) is 4.53. The van der Waals surface area contributed by atoms with Crippen LogP contribution in [0.15, 0.2) is 30.3 Å². The maximum atomic E-state index is 12.7. The van der Waals surface area contributed by atoms with Crippen LogP contribution in [0, 0.1) is 0 Å². The molecule has 0 radical (unpaired) electrons. The van der Waals surface area contributed by atoms with Gasteiger partial charge in [0.15, 0.2) is 0 Å². The average molecular weight is 340 g/mol. The van der Waals surface area contributed by atoms with Crippen molar-refractivity contribution in [3.05, 3.63) is 35.9 Å². The van der Waals surface area contributed by atoms with E-state index in [2.05, 4.69) is 35.8 Å². The number of rotatable bonds is 6. The molecule has 23 heavy (non-hydrogen) atoms. The molecule has 1 aliphatic rings. The fourth-order valence-electron chi connectivity index (χ4n) is 3.42. The van der Waals surface area contributed by atoms with E-state index in [9.17, 15) is 4.79 Å². The zero-order valence-corrected chi connectivity index (χ0v) is 15.1. The van der Waals surface area contributed by atoms with Crippen LogP contribution < -0.4 is 5.73 Å². The Bertz CT molecular complexity index is 459. The predicted molar refractivity (Wildman–Crippen MR) is 97.6 cm³/mol. The van der Waals surface area contributed by atoms with Crippen LogP contribution in [0.2, 0.25) is 0 Å². The van der Waals surface area contributed by atoms with E-state index in [1.807, 2.05) is 18.2 Å². The molecule has 0 bridgehead atoms. The highest BCUT2D eigenvalue weighted by Gasteiger charge is 2.29. The Kier molecular flexibility index (Phi) is 8.59. The summed E-state index contributed by atoms with van der Waals surface area (Å²) < 4.78 is 0. The second kappa shape index (κ2) is 9.91. The van der Waals surface area contributed by atoms with Gasteiger partial charge in [-0.3, -0.25) is 9.69 Å². The van der Waals surface area contributed by atoms with Gasteiger partial charge in [-0.1, -0.05) is 30.3 Å². The van der Waals surface area contributed by atoms with Crippen molar-refractivity contribution in [2.75, 3.05) is 19.6 Å². The summed E-state index contributed by atoms with van der Waals surface area (Å²) in [4.78, 5) is 17.0. The normalized spacial score (nSPS) is 21.1. The first-order chi connectivity index (χ1) is 10.6. The lowest BCUT2D eigenvalue weighted by molar-refractivity contribution is -0.138. The molecule has 5 heteroatoms.